The molecule has 1 heterocycles. The summed E-state index contributed by atoms with van der Waals surface area (Å²) in [6.07, 6.45) is 1.63. The zero-order chi connectivity index (χ0) is 10.9. The predicted octanol–water partition coefficient (Wildman–Crippen LogP) is 0.416. The van der Waals surface area contributed by atoms with Crippen LogP contribution in [-0.2, 0) is 11.8 Å². The van der Waals surface area contributed by atoms with E-state index in [-0.39, 0.29) is 0 Å². The Hall–Kier alpha value is -1.36. The minimum Gasteiger partial charge on any atom is -0.480 e. The Balaban J connectivity index is 3.17. The lowest BCUT2D eigenvalue weighted by Crippen LogP contribution is -2.29. The number of aryl methyl sites for hydroxylation is 2. The Labute approximate surface area is 83.0 Å². The Bertz CT molecular complexity index is 324. The van der Waals surface area contributed by atoms with Gasteiger partial charge in [-0.15, -0.1) is 0 Å². The molecule has 0 aromatic carbocycles. The maximum absolute atomic E-state index is 11.1. The van der Waals surface area contributed by atoms with Gasteiger partial charge in [0.2, 0.25) is 0 Å². The van der Waals surface area contributed by atoms with E-state index in [1.54, 1.807) is 36.9 Å². The van der Waals surface area contributed by atoms with Crippen molar-refractivity contribution in [1.29, 1.82) is 0 Å². The van der Waals surface area contributed by atoms with Gasteiger partial charge in [0.1, 0.15) is 0 Å². The quantitative estimate of drug-likeness (QED) is 0.762. The molecule has 0 amide bonds. The Morgan fingerprint density at radius 3 is 2.50 bits per heavy atom. The molecule has 0 aliphatic carbocycles. The molecule has 0 radical (unpaired) electrons. The van der Waals surface area contributed by atoms with Crippen LogP contribution in [0.5, 0.6) is 0 Å². The normalized spacial score (nSPS) is 13.2. The summed E-state index contributed by atoms with van der Waals surface area (Å²) in [6, 6.07) is -0.637. The zero-order valence-corrected chi connectivity index (χ0v) is 8.85. The molecule has 5 nitrogen and oxygen atoms in total. The van der Waals surface area contributed by atoms with Gasteiger partial charge in [0.15, 0.2) is 6.04 Å². The van der Waals surface area contributed by atoms with Gasteiger partial charge in [0.25, 0.3) is 0 Å². The molecule has 1 N–H and O–H groups in total. The van der Waals surface area contributed by atoms with E-state index in [1.807, 2.05) is 6.92 Å². The first-order valence-corrected chi connectivity index (χ1v) is 4.32. The van der Waals surface area contributed by atoms with Gasteiger partial charge in [-0.25, -0.2) is 4.98 Å². The van der Waals surface area contributed by atoms with Crippen LogP contribution in [0, 0.1) is 6.92 Å². The lowest BCUT2D eigenvalue weighted by atomic mass is 10.1. The molecule has 78 valence electrons. The topological polar surface area (TPSA) is 58.4 Å². The lowest BCUT2D eigenvalue weighted by Gasteiger charge is -2.21. The number of carbonyl (C=O) groups is 1. The summed E-state index contributed by atoms with van der Waals surface area (Å²) in [5.74, 6) is -0.860. The minimum absolute atomic E-state index is 0.637. The Morgan fingerprint density at radius 1 is 1.64 bits per heavy atom. The molecule has 0 saturated carbocycles. The van der Waals surface area contributed by atoms with Crippen molar-refractivity contribution in [3.8, 4) is 0 Å². The number of carboxylic acids is 1. The van der Waals surface area contributed by atoms with E-state index in [4.69, 9.17) is 5.11 Å². The average Bonchev–Trinajstić information content (AvgIpc) is 2.34. The third-order valence-electron chi connectivity index (χ3n) is 2.18. The lowest BCUT2D eigenvalue weighted by molar-refractivity contribution is -0.142. The summed E-state index contributed by atoms with van der Waals surface area (Å²) in [6.45, 7) is 1.81. The van der Waals surface area contributed by atoms with Crippen molar-refractivity contribution < 1.29 is 9.90 Å². The van der Waals surface area contributed by atoms with Crippen LogP contribution >= 0.6 is 0 Å². The van der Waals surface area contributed by atoms with Crippen molar-refractivity contribution in [1.82, 2.24) is 14.5 Å². The van der Waals surface area contributed by atoms with Gasteiger partial charge < -0.3 is 9.67 Å². The van der Waals surface area contributed by atoms with E-state index < -0.39 is 12.0 Å². The van der Waals surface area contributed by atoms with E-state index in [2.05, 4.69) is 4.98 Å². The number of hydrogen-bond donors (Lipinski definition) is 1. The molecule has 14 heavy (non-hydrogen) atoms. The molecule has 0 bridgehead atoms. The van der Waals surface area contributed by atoms with Crippen LogP contribution < -0.4 is 0 Å². The van der Waals surface area contributed by atoms with Crippen molar-refractivity contribution >= 4 is 5.97 Å². The third-order valence-corrected chi connectivity index (χ3v) is 2.18. The maximum Gasteiger partial charge on any atom is 0.327 e. The molecule has 1 atom stereocenters. The highest BCUT2D eigenvalue weighted by molar-refractivity contribution is 5.75. The predicted molar refractivity (Wildman–Crippen MR) is 52.0 cm³/mol. The van der Waals surface area contributed by atoms with Gasteiger partial charge >= 0.3 is 5.97 Å². The molecule has 0 aliphatic rings. The highest BCUT2D eigenvalue weighted by Crippen LogP contribution is 2.20. The summed E-state index contributed by atoms with van der Waals surface area (Å²) >= 11 is 0. The smallest absolute Gasteiger partial charge is 0.327 e. The third kappa shape index (κ3) is 1.77. The number of nitrogens with zero attached hydrogens (tertiary/aromatic N) is 3. The van der Waals surface area contributed by atoms with Crippen LogP contribution in [0.3, 0.4) is 0 Å². The summed E-state index contributed by atoms with van der Waals surface area (Å²) in [7, 11) is 5.28. The van der Waals surface area contributed by atoms with Crippen LogP contribution in [0.4, 0.5) is 0 Å². The fraction of sp³-hybridized carbons (Fsp3) is 0.556. The van der Waals surface area contributed by atoms with Gasteiger partial charge in [0, 0.05) is 7.05 Å². The molecule has 1 aromatic heterocycles. The van der Waals surface area contributed by atoms with Crippen LogP contribution in [0.1, 0.15) is 17.4 Å². The number of aromatic nitrogens is 2. The number of hydrogen-bond acceptors (Lipinski definition) is 3. The maximum atomic E-state index is 11.1. The van der Waals surface area contributed by atoms with Crippen LogP contribution in [0.15, 0.2) is 6.33 Å². The van der Waals surface area contributed by atoms with Crippen molar-refractivity contribution in [2.24, 2.45) is 7.05 Å². The van der Waals surface area contributed by atoms with Crippen molar-refractivity contribution in [2.45, 2.75) is 13.0 Å². The molecule has 0 aliphatic heterocycles. The number of aliphatic carboxylic acids is 1. The molecule has 0 fully saturated rings. The molecular formula is C9H15N3O2. The van der Waals surface area contributed by atoms with Crippen molar-refractivity contribution in [3.05, 3.63) is 17.7 Å². The van der Waals surface area contributed by atoms with E-state index >= 15 is 0 Å². The van der Waals surface area contributed by atoms with Gasteiger partial charge in [-0.2, -0.15) is 0 Å². The molecule has 1 rings (SSSR count). The summed E-state index contributed by atoms with van der Waals surface area (Å²) < 4.78 is 1.74. The van der Waals surface area contributed by atoms with Crippen molar-refractivity contribution in [3.63, 3.8) is 0 Å². The molecule has 0 spiro atoms. The van der Waals surface area contributed by atoms with Gasteiger partial charge in [-0.1, -0.05) is 0 Å². The number of likely N-dealkylation sites (N-methyl/N-ethyl adjacent to an activating group) is 1. The van der Waals surface area contributed by atoms with Crippen LogP contribution in [0.25, 0.3) is 0 Å². The van der Waals surface area contributed by atoms with E-state index in [0.717, 1.165) is 11.4 Å². The van der Waals surface area contributed by atoms with Crippen LogP contribution in [-0.4, -0.2) is 39.6 Å². The second-order valence-electron chi connectivity index (χ2n) is 3.53. The van der Waals surface area contributed by atoms with Gasteiger partial charge in [0.05, 0.1) is 17.7 Å². The number of imidazole rings is 1. The fourth-order valence-corrected chi connectivity index (χ4v) is 1.53. The highest BCUT2D eigenvalue weighted by Gasteiger charge is 2.26. The standard InChI is InChI=1S/C9H15N3O2/c1-6-7(12(4)5-10-6)8(9(13)14)11(2)3/h5,8H,1-4H3,(H,13,14). The Morgan fingerprint density at radius 2 is 2.21 bits per heavy atom. The molecule has 5 heteroatoms. The largest absolute Gasteiger partial charge is 0.480 e. The van der Waals surface area contributed by atoms with E-state index in [9.17, 15) is 4.79 Å². The molecular weight excluding hydrogens is 182 g/mol. The molecule has 1 aromatic rings. The van der Waals surface area contributed by atoms with E-state index in [0.29, 0.717) is 0 Å². The Kier molecular flexibility index (Phi) is 2.90. The highest BCUT2D eigenvalue weighted by atomic mass is 16.4. The number of rotatable bonds is 3. The zero-order valence-electron chi connectivity index (χ0n) is 8.85. The molecule has 0 saturated heterocycles. The first-order valence-electron chi connectivity index (χ1n) is 4.32. The fourth-order valence-electron chi connectivity index (χ4n) is 1.53. The second kappa shape index (κ2) is 3.79. The summed E-state index contributed by atoms with van der Waals surface area (Å²) in [5.41, 5.74) is 1.48. The van der Waals surface area contributed by atoms with Crippen LogP contribution in [0.2, 0.25) is 0 Å². The first kappa shape index (κ1) is 10.7. The van der Waals surface area contributed by atoms with E-state index in [1.165, 1.54) is 0 Å². The number of carboxylic acid groups (broad SMARTS) is 1. The second-order valence-corrected chi connectivity index (χ2v) is 3.53. The SMILES string of the molecule is Cc1ncn(C)c1C(C(=O)O)N(C)C. The average molecular weight is 197 g/mol. The molecule has 1 unspecified atom stereocenters. The monoisotopic (exact) mass is 197 g/mol. The summed E-state index contributed by atoms with van der Waals surface area (Å²) in [5, 5.41) is 9.08. The summed E-state index contributed by atoms with van der Waals surface area (Å²) in [4.78, 5) is 16.8. The van der Waals surface area contributed by atoms with Gasteiger partial charge in [-0.05, 0) is 21.0 Å². The minimum atomic E-state index is -0.860. The first-order chi connectivity index (χ1) is 6.45. The van der Waals surface area contributed by atoms with Gasteiger partial charge in [-0.3, -0.25) is 9.69 Å². The van der Waals surface area contributed by atoms with Crippen molar-refractivity contribution in [2.75, 3.05) is 14.1 Å².